The van der Waals surface area contributed by atoms with E-state index in [4.69, 9.17) is 10.7 Å². The summed E-state index contributed by atoms with van der Waals surface area (Å²) < 4.78 is 28.4. The number of para-hydroxylation sites is 1. The van der Waals surface area contributed by atoms with Crippen molar-refractivity contribution < 1.29 is 8.78 Å². The minimum absolute atomic E-state index is 0.0764. The van der Waals surface area contributed by atoms with Crippen LogP contribution < -0.4 is 11.3 Å². The third-order valence-electron chi connectivity index (χ3n) is 5.60. The van der Waals surface area contributed by atoms with Gasteiger partial charge in [0.25, 0.3) is 11.5 Å². The number of halogens is 2. The van der Waals surface area contributed by atoms with Crippen molar-refractivity contribution in [1.82, 2.24) is 14.5 Å². The number of hydrogen-bond donors (Lipinski definition) is 1. The number of likely N-dealkylation sites (tertiary alicyclic amines) is 1. The fourth-order valence-electron chi connectivity index (χ4n) is 4.15. The molecule has 0 spiro atoms. The van der Waals surface area contributed by atoms with Crippen LogP contribution in [0, 0.1) is 0 Å². The molecule has 1 saturated heterocycles. The largest absolute Gasteiger partial charge is 0.322 e. The van der Waals surface area contributed by atoms with Crippen LogP contribution in [0.2, 0.25) is 0 Å². The van der Waals surface area contributed by atoms with Gasteiger partial charge in [-0.1, -0.05) is 30.3 Å². The van der Waals surface area contributed by atoms with Crippen LogP contribution in [-0.2, 0) is 6.42 Å². The molecule has 7 heteroatoms. The summed E-state index contributed by atoms with van der Waals surface area (Å²) in [6, 6.07) is 14.6. The molecule has 0 aliphatic carbocycles. The van der Waals surface area contributed by atoms with Gasteiger partial charge in [-0.05, 0) is 50.1 Å². The Balaban J connectivity index is 1.69. The Bertz CT molecular complexity index is 1100. The maximum Gasteiger partial charge on any atom is 0.266 e. The van der Waals surface area contributed by atoms with Gasteiger partial charge < -0.3 is 5.73 Å². The van der Waals surface area contributed by atoms with Crippen molar-refractivity contribution in [2.75, 3.05) is 19.6 Å². The van der Waals surface area contributed by atoms with E-state index in [2.05, 4.69) is 0 Å². The molecule has 0 saturated carbocycles. The number of aryl methyl sites for hydroxylation is 1. The normalized spacial score (nSPS) is 17.5. The van der Waals surface area contributed by atoms with Gasteiger partial charge in [-0.25, -0.2) is 13.8 Å². The zero-order valence-corrected chi connectivity index (χ0v) is 17.0. The maximum atomic E-state index is 13.5. The molecule has 4 rings (SSSR count). The van der Waals surface area contributed by atoms with Crippen molar-refractivity contribution in [2.24, 2.45) is 5.73 Å². The molecule has 2 aromatic carbocycles. The summed E-state index contributed by atoms with van der Waals surface area (Å²) in [6.07, 6.45) is 1.25. The summed E-state index contributed by atoms with van der Waals surface area (Å²) in [5.41, 5.74) is 8.20. The van der Waals surface area contributed by atoms with E-state index in [0.717, 1.165) is 11.3 Å². The molecule has 1 atom stereocenters. The molecule has 2 N–H and O–H groups in total. The van der Waals surface area contributed by atoms with Crippen molar-refractivity contribution in [1.29, 1.82) is 0 Å². The molecular weight excluding hydrogens is 386 g/mol. The second kappa shape index (κ2) is 8.24. The van der Waals surface area contributed by atoms with Crippen LogP contribution in [0.3, 0.4) is 0 Å². The van der Waals surface area contributed by atoms with Gasteiger partial charge in [-0.15, -0.1) is 0 Å². The van der Waals surface area contributed by atoms with Crippen LogP contribution >= 0.6 is 0 Å². The molecule has 0 amide bonds. The second-order valence-corrected chi connectivity index (χ2v) is 8.03. The third-order valence-corrected chi connectivity index (χ3v) is 5.60. The van der Waals surface area contributed by atoms with Crippen molar-refractivity contribution in [2.45, 2.75) is 38.2 Å². The molecule has 2 heterocycles. The zero-order chi connectivity index (χ0) is 21.3. The number of rotatable bonds is 6. The van der Waals surface area contributed by atoms with Gasteiger partial charge in [0.2, 0.25) is 0 Å². The Hall–Kier alpha value is -2.64. The van der Waals surface area contributed by atoms with E-state index < -0.39 is 12.0 Å². The Labute approximate surface area is 174 Å². The number of fused-ring (bicyclic) bond motifs is 1. The van der Waals surface area contributed by atoms with Crippen LogP contribution in [0.25, 0.3) is 16.6 Å². The molecule has 0 radical (unpaired) electrons. The van der Waals surface area contributed by atoms with Gasteiger partial charge in [-0.3, -0.25) is 14.3 Å². The third kappa shape index (κ3) is 4.13. The molecule has 1 aromatic heterocycles. The van der Waals surface area contributed by atoms with E-state index in [9.17, 15) is 13.6 Å². The number of aromatic nitrogens is 2. The second-order valence-electron chi connectivity index (χ2n) is 8.03. The van der Waals surface area contributed by atoms with E-state index in [-0.39, 0.29) is 18.5 Å². The lowest BCUT2D eigenvalue weighted by molar-refractivity contribution is 0.0122. The Morgan fingerprint density at radius 3 is 2.60 bits per heavy atom. The zero-order valence-electron chi connectivity index (χ0n) is 17.0. The molecule has 1 aliphatic heterocycles. The molecule has 1 aliphatic rings. The van der Waals surface area contributed by atoms with Gasteiger partial charge in [0.1, 0.15) is 5.82 Å². The Morgan fingerprint density at radius 1 is 1.17 bits per heavy atom. The predicted octanol–water partition coefficient (Wildman–Crippen LogP) is 3.68. The topological polar surface area (TPSA) is 64.2 Å². The average molecular weight is 412 g/mol. The predicted molar refractivity (Wildman–Crippen MR) is 114 cm³/mol. The minimum atomic E-state index is -2.58. The van der Waals surface area contributed by atoms with Gasteiger partial charge in [0.05, 0.1) is 29.2 Å². The van der Waals surface area contributed by atoms with E-state index in [1.54, 1.807) is 9.47 Å². The Kier molecular flexibility index (Phi) is 5.66. The van der Waals surface area contributed by atoms with Gasteiger partial charge >= 0.3 is 0 Å². The maximum absolute atomic E-state index is 13.5. The van der Waals surface area contributed by atoms with Gasteiger partial charge in [0, 0.05) is 13.0 Å². The highest BCUT2D eigenvalue weighted by Crippen LogP contribution is 2.27. The minimum Gasteiger partial charge on any atom is -0.322 e. The van der Waals surface area contributed by atoms with Gasteiger partial charge in [0.15, 0.2) is 0 Å². The van der Waals surface area contributed by atoms with Crippen molar-refractivity contribution in [3.63, 3.8) is 0 Å². The average Bonchev–Trinajstić information content (AvgIpc) is 3.07. The fraction of sp³-hybridized carbons (Fsp3) is 0.391. The molecular formula is C23H26F2N4O. The van der Waals surface area contributed by atoms with E-state index in [1.165, 1.54) is 0 Å². The molecule has 158 valence electrons. The lowest BCUT2D eigenvalue weighted by Crippen LogP contribution is -2.28. The van der Waals surface area contributed by atoms with Gasteiger partial charge in [-0.2, -0.15) is 0 Å². The van der Waals surface area contributed by atoms with E-state index >= 15 is 0 Å². The van der Waals surface area contributed by atoms with Crippen molar-refractivity contribution >= 4 is 10.9 Å². The number of benzene rings is 2. The first-order valence-corrected chi connectivity index (χ1v) is 10.3. The van der Waals surface area contributed by atoms with Crippen LogP contribution in [0.15, 0.2) is 53.3 Å². The summed E-state index contributed by atoms with van der Waals surface area (Å²) in [4.78, 5) is 20.0. The number of hydrogen-bond acceptors (Lipinski definition) is 4. The van der Waals surface area contributed by atoms with E-state index in [0.29, 0.717) is 42.7 Å². The van der Waals surface area contributed by atoms with Crippen LogP contribution in [0.1, 0.15) is 37.2 Å². The smallest absolute Gasteiger partial charge is 0.266 e. The molecule has 0 unspecified atom stereocenters. The highest BCUT2D eigenvalue weighted by atomic mass is 19.3. The van der Waals surface area contributed by atoms with Crippen LogP contribution in [-0.4, -0.2) is 40.0 Å². The molecule has 3 aromatic rings. The van der Waals surface area contributed by atoms with Crippen LogP contribution in [0.4, 0.5) is 8.78 Å². The lowest BCUT2D eigenvalue weighted by atomic mass is 10.0. The van der Waals surface area contributed by atoms with Crippen molar-refractivity contribution in [3.05, 3.63) is 70.3 Å². The first kappa shape index (κ1) is 20.6. The standard InChI is InChI=1S/C23H26F2N4O/c1-16(26)21-27-19-11-5-7-17(8-6-13-28-14-12-23(24,25)15-28)20(19)22(30)29(21)18-9-3-2-4-10-18/h2-5,7,9-11,16H,6,8,12-15,26H2,1H3/t16-/m0/s1. The quantitative estimate of drug-likeness (QED) is 0.671. The monoisotopic (exact) mass is 412 g/mol. The highest BCUT2D eigenvalue weighted by molar-refractivity contribution is 5.81. The number of nitrogens with two attached hydrogens (primary N) is 1. The molecule has 0 bridgehead atoms. The number of nitrogens with zero attached hydrogens (tertiary/aromatic N) is 3. The highest BCUT2D eigenvalue weighted by Gasteiger charge is 2.37. The summed E-state index contributed by atoms with van der Waals surface area (Å²) in [7, 11) is 0. The Morgan fingerprint density at radius 2 is 1.93 bits per heavy atom. The summed E-state index contributed by atoms with van der Waals surface area (Å²) in [6.45, 7) is 2.64. The summed E-state index contributed by atoms with van der Waals surface area (Å²) in [5, 5.41) is 0.567. The lowest BCUT2D eigenvalue weighted by Gasteiger charge is -2.18. The SMILES string of the molecule is C[C@H](N)c1nc2cccc(CCCN3CCC(F)(F)C3)c2c(=O)n1-c1ccccc1. The molecule has 1 fully saturated rings. The van der Waals surface area contributed by atoms with E-state index in [1.807, 2.05) is 55.5 Å². The number of alkyl halides is 2. The summed E-state index contributed by atoms with van der Waals surface area (Å²) in [5.74, 6) is -2.07. The molecule has 30 heavy (non-hydrogen) atoms. The molecule has 5 nitrogen and oxygen atoms in total. The first-order valence-electron chi connectivity index (χ1n) is 10.3. The van der Waals surface area contributed by atoms with Crippen molar-refractivity contribution in [3.8, 4) is 5.69 Å². The van der Waals surface area contributed by atoms with Crippen LogP contribution in [0.5, 0.6) is 0 Å². The fourth-order valence-corrected chi connectivity index (χ4v) is 4.15. The first-order chi connectivity index (χ1) is 14.4. The summed E-state index contributed by atoms with van der Waals surface area (Å²) >= 11 is 0.